The lowest BCUT2D eigenvalue weighted by Crippen LogP contribution is -1.99. The Bertz CT molecular complexity index is 337. The van der Waals surface area contributed by atoms with Gasteiger partial charge in [0.05, 0.1) is 6.54 Å². The number of rotatable bonds is 4. The molecule has 0 unspecified atom stereocenters. The van der Waals surface area contributed by atoms with Crippen LogP contribution in [0.5, 0.6) is 0 Å². The quantitative estimate of drug-likeness (QED) is 0.749. The number of hydrogen-bond donors (Lipinski definition) is 1. The maximum atomic E-state index is 5.50. The van der Waals surface area contributed by atoms with Gasteiger partial charge in [0, 0.05) is 6.21 Å². The van der Waals surface area contributed by atoms with E-state index in [1.165, 1.54) is 5.56 Å². The summed E-state index contributed by atoms with van der Waals surface area (Å²) in [6.07, 6.45) is 3.48. The Morgan fingerprint density at radius 2 is 2.00 bits per heavy atom. The van der Waals surface area contributed by atoms with Gasteiger partial charge in [-0.05, 0) is 23.3 Å². The first-order valence-corrected chi connectivity index (χ1v) is 5.19. The highest BCUT2D eigenvalue weighted by molar-refractivity contribution is 5.78. The monoisotopic (exact) mass is 202 g/mol. The van der Waals surface area contributed by atoms with E-state index in [9.17, 15) is 0 Å². The zero-order chi connectivity index (χ0) is 11.1. The van der Waals surface area contributed by atoms with Crippen LogP contribution in [0.15, 0.2) is 47.1 Å². The molecule has 0 saturated carbocycles. The molecular weight excluding hydrogens is 184 g/mol. The van der Waals surface area contributed by atoms with Crippen LogP contribution in [0, 0.1) is 5.92 Å². The molecule has 80 valence electrons. The molecule has 0 aliphatic heterocycles. The molecule has 0 atom stereocenters. The lowest BCUT2D eigenvalue weighted by Gasteiger charge is -2.03. The molecule has 0 saturated heterocycles. The van der Waals surface area contributed by atoms with Crippen LogP contribution in [0.3, 0.4) is 0 Å². The fourth-order valence-electron chi connectivity index (χ4n) is 1.22. The molecule has 0 heterocycles. The molecule has 0 aliphatic carbocycles. The first-order chi connectivity index (χ1) is 7.24. The number of allylic oxidation sites excluding steroid dienone is 1. The van der Waals surface area contributed by atoms with Gasteiger partial charge >= 0.3 is 0 Å². The van der Waals surface area contributed by atoms with Crippen molar-refractivity contribution in [3.63, 3.8) is 0 Å². The number of nitrogens with two attached hydrogens (primary N) is 1. The van der Waals surface area contributed by atoms with Gasteiger partial charge in [0.2, 0.25) is 0 Å². The first kappa shape index (κ1) is 11.5. The Morgan fingerprint density at radius 1 is 1.33 bits per heavy atom. The minimum absolute atomic E-state index is 0.425. The summed E-state index contributed by atoms with van der Waals surface area (Å²) in [5.41, 5.74) is 7.79. The second-order valence-corrected chi connectivity index (χ2v) is 3.78. The molecule has 0 amide bonds. The summed E-state index contributed by atoms with van der Waals surface area (Å²) < 4.78 is 0. The number of aliphatic imine (C=N–C) groups is 1. The van der Waals surface area contributed by atoms with Crippen molar-refractivity contribution in [2.75, 3.05) is 0 Å². The van der Waals surface area contributed by atoms with E-state index in [0.29, 0.717) is 12.5 Å². The van der Waals surface area contributed by atoms with Crippen molar-refractivity contribution in [1.29, 1.82) is 0 Å². The average Bonchev–Trinajstić information content (AvgIpc) is 2.25. The van der Waals surface area contributed by atoms with Crippen LogP contribution in [0.4, 0.5) is 0 Å². The van der Waals surface area contributed by atoms with Crippen LogP contribution < -0.4 is 5.73 Å². The average molecular weight is 202 g/mol. The minimum atomic E-state index is 0.425. The molecule has 15 heavy (non-hydrogen) atoms. The maximum absolute atomic E-state index is 5.50. The molecular formula is C13H18N2. The summed E-state index contributed by atoms with van der Waals surface area (Å²) in [6, 6.07) is 10.2. The molecule has 1 rings (SSSR count). The Hall–Kier alpha value is -1.57. The van der Waals surface area contributed by atoms with E-state index in [1.54, 1.807) is 6.20 Å². The Morgan fingerprint density at radius 3 is 2.53 bits per heavy atom. The molecule has 1 aromatic carbocycles. The molecule has 0 radical (unpaired) electrons. The molecule has 1 aromatic rings. The van der Waals surface area contributed by atoms with Crippen LogP contribution >= 0.6 is 0 Å². The molecule has 0 spiro atoms. The summed E-state index contributed by atoms with van der Waals surface area (Å²) in [6.45, 7) is 4.92. The normalized spacial score (nSPS) is 12.6. The SMILES string of the molecule is CC(C)/C(C=NCc1ccccc1)=C/N. The Balaban J connectivity index is 2.53. The Labute approximate surface area is 91.5 Å². The van der Waals surface area contributed by atoms with Gasteiger partial charge in [0.1, 0.15) is 0 Å². The number of benzene rings is 1. The predicted octanol–water partition coefficient (Wildman–Crippen LogP) is 2.76. The highest BCUT2D eigenvalue weighted by atomic mass is 14.7. The van der Waals surface area contributed by atoms with Crippen LogP contribution in [-0.2, 0) is 6.54 Å². The molecule has 2 nitrogen and oxygen atoms in total. The lowest BCUT2D eigenvalue weighted by atomic mass is 10.1. The van der Waals surface area contributed by atoms with Gasteiger partial charge in [-0.1, -0.05) is 44.2 Å². The first-order valence-electron chi connectivity index (χ1n) is 5.19. The molecule has 0 bridgehead atoms. The fraction of sp³-hybridized carbons (Fsp3) is 0.308. The second-order valence-electron chi connectivity index (χ2n) is 3.78. The van der Waals surface area contributed by atoms with Crippen molar-refractivity contribution in [3.8, 4) is 0 Å². The minimum Gasteiger partial charge on any atom is -0.404 e. The summed E-state index contributed by atoms with van der Waals surface area (Å²) in [5, 5.41) is 0. The van der Waals surface area contributed by atoms with Crippen molar-refractivity contribution in [3.05, 3.63) is 47.7 Å². The lowest BCUT2D eigenvalue weighted by molar-refractivity contribution is 0.802. The third kappa shape index (κ3) is 3.98. The van der Waals surface area contributed by atoms with Gasteiger partial charge < -0.3 is 5.73 Å². The van der Waals surface area contributed by atoms with Crippen LogP contribution in [0.25, 0.3) is 0 Å². The van der Waals surface area contributed by atoms with Gasteiger partial charge in [0.25, 0.3) is 0 Å². The van der Waals surface area contributed by atoms with Crippen molar-refractivity contribution >= 4 is 6.21 Å². The highest BCUT2D eigenvalue weighted by Gasteiger charge is 1.97. The second kappa shape index (κ2) is 6.02. The zero-order valence-electron chi connectivity index (χ0n) is 9.35. The van der Waals surface area contributed by atoms with Crippen LogP contribution in [0.2, 0.25) is 0 Å². The molecule has 0 fully saturated rings. The summed E-state index contributed by atoms with van der Waals surface area (Å²) in [5.74, 6) is 0.425. The maximum Gasteiger partial charge on any atom is 0.0639 e. The van der Waals surface area contributed by atoms with Gasteiger partial charge in [0.15, 0.2) is 0 Å². The van der Waals surface area contributed by atoms with Crippen molar-refractivity contribution in [1.82, 2.24) is 0 Å². The molecule has 0 aromatic heterocycles. The van der Waals surface area contributed by atoms with Crippen molar-refractivity contribution in [2.24, 2.45) is 16.6 Å². The van der Waals surface area contributed by atoms with E-state index in [0.717, 1.165) is 5.57 Å². The summed E-state index contributed by atoms with van der Waals surface area (Å²) in [7, 11) is 0. The van der Waals surface area contributed by atoms with Crippen molar-refractivity contribution in [2.45, 2.75) is 20.4 Å². The van der Waals surface area contributed by atoms with Crippen LogP contribution in [-0.4, -0.2) is 6.21 Å². The smallest absolute Gasteiger partial charge is 0.0639 e. The van der Waals surface area contributed by atoms with Crippen LogP contribution in [0.1, 0.15) is 19.4 Å². The van der Waals surface area contributed by atoms with E-state index in [-0.39, 0.29) is 0 Å². The van der Waals surface area contributed by atoms with Gasteiger partial charge in [-0.15, -0.1) is 0 Å². The number of hydrogen-bond acceptors (Lipinski definition) is 2. The fourth-order valence-corrected chi connectivity index (χ4v) is 1.22. The number of nitrogens with zero attached hydrogens (tertiary/aromatic N) is 1. The largest absolute Gasteiger partial charge is 0.404 e. The van der Waals surface area contributed by atoms with E-state index >= 15 is 0 Å². The van der Waals surface area contributed by atoms with E-state index < -0.39 is 0 Å². The third-order valence-electron chi connectivity index (χ3n) is 2.22. The predicted molar refractivity (Wildman–Crippen MR) is 65.7 cm³/mol. The summed E-state index contributed by atoms with van der Waals surface area (Å²) >= 11 is 0. The molecule has 0 aliphatic rings. The van der Waals surface area contributed by atoms with E-state index in [2.05, 4.69) is 31.0 Å². The zero-order valence-corrected chi connectivity index (χ0v) is 9.35. The van der Waals surface area contributed by atoms with E-state index in [1.807, 2.05) is 24.4 Å². The van der Waals surface area contributed by atoms with Gasteiger partial charge in [-0.2, -0.15) is 0 Å². The highest BCUT2D eigenvalue weighted by Crippen LogP contribution is 2.06. The van der Waals surface area contributed by atoms with E-state index in [4.69, 9.17) is 5.73 Å². The standard InChI is InChI=1S/C13H18N2/c1-11(2)13(8-14)10-15-9-12-6-4-3-5-7-12/h3-8,10-11H,9,14H2,1-2H3/b13-8+,15-10?. The third-order valence-corrected chi connectivity index (χ3v) is 2.22. The molecule has 2 N–H and O–H groups in total. The Kier molecular flexibility index (Phi) is 4.61. The van der Waals surface area contributed by atoms with Gasteiger partial charge in [-0.25, -0.2) is 0 Å². The van der Waals surface area contributed by atoms with Gasteiger partial charge in [-0.3, -0.25) is 4.99 Å². The topological polar surface area (TPSA) is 38.4 Å². The molecule has 2 heteroatoms. The van der Waals surface area contributed by atoms with Crippen molar-refractivity contribution < 1.29 is 0 Å². The summed E-state index contributed by atoms with van der Waals surface area (Å²) in [4.78, 5) is 4.36.